The fourth-order valence-electron chi connectivity index (χ4n) is 3.74. The summed E-state index contributed by atoms with van der Waals surface area (Å²) in [6, 6.07) is 8.19. The molecule has 4 rings (SSSR count). The summed E-state index contributed by atoms with van der Waals surface area (Å²) < 4.78 is 0. The topological polar surface area (TPSA) is 101 Å². The van der Waals surface area contributed by atoms with E-state index in [-0.39, 0.29) is 30.8 Å². The monoisotopic (exact) mass is 383 g/mol. The highest BCUT2D eigenvalue weighted by Gasteiger charge is 2.26. The molecule has 0 saturated carbocycles. The number of rotatable bonds is 6. The van der Waals surface area contributed by atoms with Gasteiger partial charge in [0.2, 0.25) is 0 Å². The summed E-state index contributed by atoms with van der Waals surface area (Å²) in [5.41, 5.74) is 2.93. The number of fused-ring (bicyclic) bond motifs is 2. The zero-order chi connectivity index (χ0) is 19.5. The third-order valence-corrected chi connectivity index (χ3v) is 5.24. The summed E-state index contributed by atoms with van der Waals surface area (Å²) in [5, 5.41) is 22.3. The molecule has 1 aromatic carbocycles. The molecular formula is C20H25N5O3. The van der Waals surface area contributed by atoms with E-state index in [1.807, 2.05) is 6.07 Å². The largest absolute Gasteiger partial charge is 0.394 e. The van der Waals surface area contributed by atoms with Gasteiger partial charge in [0, 0.05) is 32.3 Å². The lowest BCUT2D eigenvalue weighted by molar-refractivity contribution is -0.118. The Bertz CT molecular complexity index is 835. The number of amides is 1. The normalized spacial score (nSPS) is 22.2. The fourth-order valence-corrected chi connectivity index (χ4v) is 3.74. The molecule has 0 aromatic heterocycles. The number of carbonyl (C=O) groups excluding carboxylic acids is 1. The van der Waals surface area contributed by atoms with Gasteiger partial charge in [-0.15, -0.1) is 0 Å². The summed E-state index contributed by atoms with van der Waals surface area (Å²) >= 11 is 0. The second kappa shape index (κ2) is 8.22. The lowest BCUT2D eigenvalue weighted by Gasteiger charge is -2.30. The molecule has 0 spiro atoms. The second-order valence-corrected chi connectivity index (χ2v) is 7.37. The molecule has 28 heavy (non-hydrogen) atoms. The van der Waals surface area contributed by atoms with Gasteiger partial charge < -0.3 is 20.4 Å². The maximum atomic E-state index is 12.4. The van der Waals surface area contributed by atoms with Crippen LogP contribution in [-0.4, -0.2) is 83.0 Å². The molecule has 3 aliphatic heterocycles. The Balaban J connectivity index is 1.27. The van der Waals surface area contributed by atoms with Crippen molar-refractivity contribution in [2.75, 3.05) is 32.8 Å². The molecule has 0 aliphatic carbocycles. The van der Waals surface area contributed by atoms with Gasteiger partial charge in [0.05, 0.1) is 31.6 Å². The van der Waals surface area contributed by atoms with E-state index in [1.54, 1.807) is 17.3 Å². The number of β-amino-alcohol motifs (C(OH)–C–C–N with tert-alkyl or cyclic N) is 1. The average Bonchev–Trinajstić information content (AvgIpc) is 3.14. The van der Waals surface area contributed by atoms with Gasteiger partial charge >= 0.3 is 0 Å². The van der Waals surface area contributed by atoms with Gasteiger partial charge in [-0.05, 0) is 17.5 Å². The molecule has 148 valence electrons. The predicted octanol–water partition coefficient (Wildman–Crippen LogP) is -0.477. The zero-order valence-corrected chi connectivity index (χ0v) is 15.7. The van der Waals surface area contributed by atoms with Crippen molar-refractivity contribution in [1.82, 2.24) is 15.1 Å². The van der Waals surface area contributed by atoms with Crippen molar-refractivity contribution in [2.45, 2.75) is 25.1 Å². The standard InChI is InChI=1S/C20H25N5O3/c26-12-16-10-25-13-22-18(7-19(25)23-16)20(28)21-8-17(27)11-24-6-5-14-3-1-2-4-15(14)9-24/h1-4,7,13,16-17,26-27H,5-6,8-12H2,(H,21,28)/t16-,17+/m1/s1. The minimum absolute atomic E-state index is 0.0314. The van der Waals surface area contributed by atoms with Crippen molar-refractivity contribution in [3.63, 3.8) is 0 Å². The van der Waals surface area contributed by atoms with Crippen LogP contribution in [0, 0.1) is 0 Å². The van der Waals surface area contributed by atoms with Crippen LogP contribution >= 0.6 is 0 Å². The molecule has 0 radical (unpaired) electrons. The van der Waals surface area contributed by atoms with E-state index in [2.05, 4.69) is 38.4 Å². The molecular weight excluding hydrogens is 358 g/mol. The molecule has 0 bridgehead atoms. The molecule has 8 heteroatoms. The lowest BCUT2D eigenvalue weighted by atomic mass is 10.00. The van der Waals surface area contributed by atoms with Gasteiger partial charge in [0.15, 0.2) is 0 Å². The first kappa shape index (κ1) is 18.8. The van der Waals surface area contributed by atoms with Crippen LogP contribution in [0.15, 0.2) is 46.0 Å². The molecule has 0 fully saturated rings. The van der Waals surface area contributed by atoms with Gasteiger partial charge in [-0.3, -0.25) is 14.7 Å². The quantitative estimate of drug-likeness (QED) is 0.616. The van der Waals surface area contributed by atoms with Crippen molar-refractivity contribution in [3.05, 3.63) is 47.2 Å². The number of nitrogens with one attached hydrogen (secondary N) is 1. The molecule has 2 atom stereocenters. The van der Waals surface area contributed by atoms with E-state index < -0.39 is 6.10 Å². The number of aliphatic imine (C=N–C) groups is 2. The third-order valence-electron chi connectivity index (χ3n) is 5.24. The SMILES string of the molecule is O=C(NC[C@H](O)CN1CCc2ccccc2C1)C1=CC2=N[C@@H](CO)CN2C=N1. The maximum absolute atomic E-state index is 12.4. The van der Waals surface area contributed by atoms with Gasteiger partial charge in [-0.25, -0.2) is 4.99 Å². The van der Waals surface area contributed by atoms with E-state index in [0.717, 1.165) is 19.5 Å². The van der Waals surface area contributed by atoms with E-state index in [1.165, 1.54) is 11.1 Å². The number of aliphatic hydroxyl groups is 2. The number of hydrogen-bond acceptors (Lipinski definition) is 7. The molecule has 3 heterocycles. The highest BCUT2D eigenvalue weighted by atomic mass is 16.3. The van der Waals surface area contributed by atoms with Crippen LogP contribution < -0.4 is 5.32 Å². The summed E-state index contributed by atoms with van der Waals surface area (Å²) in [6.45, 7) is 2.93. The Morgan fingerprint density at radius 1 is 1.32 bits per heavy atom. The van der Waals surface area contributed by atoms with Crippen LogP contribution in [0.25, 0.3) is 0 Å². The Kier molecular flexibility index (Phi) is 5.52. The van der Waals surface area contributed by atoms with Crippen LogP contribution in [0.3, 0.4) is 0 Å². The lowest BCUT2D eigenvalue weighted by Crippen LogP contribution is -2.42. The maximum Gasteiger partial charge on any atom is 0.270 e. The summed E-state index contributed by atoms with van der Waals surface area (Å²) in [6.07, 6.45) is 3.50. The minimum Gasteiger partial charge on any atom is -0.394 e. The number of nitrogens with zero attached hydrogens (tertiary/aromatic N) is 4. The van der Waals surface area contributed by atoms with Crippen LogP contribution in [0.5, 0.6) is 0 Å². The van der Waals surface area contributed by atoms with E-state index in [9.17, 15) is 15.0 Å². The minimum atomic E-state index is -0.651. The van der Waals surface area contributed by atoms with Crippen LogP contribution in [0.2, 0.25) is 0 Å². The number of benzene rings is 1. The Morgan fingerprint density at radius 3 is 2.96 bits per heavy atom. The van der Waals surface area contributed by atoms with Crippen molar-refractivity contribution in [3.8, 4) is 0 Å². The van der Waals surface area contributed by atoms with Gasteiger partial charge in [-0.2, -0.15) is 0 Å². The highest BCUT2D eigenvalue weighted by Crippen LogP contribution is 2.18. The van der Waals surface area contributed by atoms with Crippen LogP contribution in [0.4, 0.5) is 0 Å². The van der Waals surface area contributed by atoms with Crippen molar-refractivity contribution >= 4 is 18.1 Å². The zero-order valence-electron chi connectivity index (χ0n) is 15.7. The molecule has 3 aliphatic rings. The van der Waals surface area contributed by atoms with E-state index >= 15 is 0 Å². The number of hydrogen-bond donors (Lipinski definition) is 3. The third kappa shape index (κ3) is 4.14. The van der Waals surface area contributed by atoms with Crippen molar-refractivity contribution in [2.24, 2.45) is 9.98 Å². The number of amidine groups is 1. The van der Waals surface area contributed by atoms with Crippen LogP contribution in [-0.2, 0) is 17.8 Å². The predicted molar refractivity (Wildman–Crippen MR) is 106 cm³/mol. The van der Waals surface area contributed by atoms with Crippen molar-refractivity contribution in [1.29, 1.82) is 0 Å². The summed E-state index contributed by atoms with van der Waals surface area (Å²) in [7, 11) is 0. The Morgan fingerprint density at radius 2 is 2.14 bits per heavy atom. The van der Waals surface area contributed by atoms with E-state index in [0.29, 0.717) is 18.9 Å². The summed E-state index contributed by atoms with van der Waals surface area (Å²) in [5.74, 6) is 0.292. The molecule has 8 nitrogen and oxygen atoms in total. The van der Waals surface area contributed by atoms with Gasteiger partial charge in [0.1, 0.15) is 11.5 Å². The summed E-state index contributed by atoms with van der Waals surface area (Å²) in [4.78, 5) is 24.9. The van der Waals surface area contributed by atoms with Crippen molar-refractivity contribution < 1.29 is 15.0 Å². The van der Waals surface area contributed by atoms with Crippen LogP contribution in [0.1, 0.15) is 11.1 Å². The smallest absolute Gasteiger partial charge is 0.270 e. The average molecular weight is 383 g/mol. The molecule has 0 unspecified atom stereocenters. The molecule has 0 saturated heterocycles. The first-order valence-corrected chi connectivity index (χ1v) is 9.59. The first-order chi connectivity index (χ1) is 13.6. The van der Waals surface area contributed by atoms with E-state index in [4.69, 9.17) is 0 Å². The highest BCUT2D eigenvalue weighted by molar-refractivity contribution is 6.10. The van der Waals surface area contributed by atoms with Gasteiger partial charge in [0.25, 0.3) is 5.91 Å². The van der Waals surface area contributed by atoms with Gasteiger partial charge in [-0.1, -0.05) is 24.3 Å². The Hall–Kier alpha value is -2.55. The Labute approximate surface area is 163 Å². The number of carbonyl (C=O) groups is 1. The second-order valence-electron chi connectivity index (χ2n) is 7.37. The fraction of sp³-hybridized carbons (Fsp3) is 0.450. The molecule has 1 amide bonds. The number of aliphatic hydroxyl groups excluding tert-OH is 2. The molecule has 1 aromatic rings. The first-order valence-electron chi connectivity index (χ1n) is 9.59. The molecule has 3 N–H and O–H groups in total.